The molecule has 2 atom stereocenters. The first-order chi connectivity index (χ1) is 9.11. The van der Waals surface area contributed by atoms with Gasteiger partial charge >= 0.3 is 0 Å². The molecule has 104 valence electrons. The molecule has 19 heavy (non-hydrogen) atoms. The highest BCUT2D eigenvalue weighted by Crippen LogP contribution is 2.29. The minimum atomic E-state index is -0.398. The molecule has 0 aliphatic heterocycles. The number of fused-ring (bicyclic) bond motifs is 1. The molecule has 0 saturated heterocycles. The van der Waals surface area contributed by atoms with Crippen LogP contribution in [0.25, 0.3) is 11.2 Å². The number of imidazole rings is 1. The van der Waals surface area contributed by atoms with Crippen LogP contribution in [-0.2, 0) is 0 Å². The maximum Gasteiger partial charge on any atom is 0.225 e. The fourth-order valence-corrected chi connectivity index (χ4v) is 2.44. The highest BCUT2D eigenvalue weighted by Gasteiger charge is 2.16. The Morgan fingerprint density at radius 3 is 2.89 bits per heavy atom. The fourth-order valence-electron chi connectivity index (χ4n) is 1.48. The van der Waals surface area contributed by atoms with Crippen molar-refractivity contribution in [3.05, 3.63) is 6.33 Å². The van der Waals surface area contributed by atoms with Gasteiger partial charge in [0, 0.05) is 11.8 Å². The summed E-state index contributed by atoms with van der Waals surface area (Å²) in [6.07, 6.45) is 2.22. The summed E-state index contributed by atoms with van der Waals surface area (Å²) >= 11 is 1.52. The van der Waals surface area contributed by atoms with E-state index >= 15 is 0 Å². The van der Waals surface area contributed by atoms with Crippen LogP contribution in [0.4, 0.5) is 5.95 Å². The van der Waals surface area contributed by atoms with Crippen molar-refractivity contribution in [2.45, 2.75) is 43.6 Å². The molecule has 0 aliphatic rings. The standard InChI is InChI=1S/C12H19N5OS/c1-4-5-13-12-16-10-9(14-6-15-10)11(17-12)19-8(3)7(2)18/h6-8,18H,4-5H2,1-3H3,(H2,13,14,15,16,17). The van der Waals surface area contributed by atoms with E-state index in [0.717, 1.165) is 23.5 Å². The summed E-state index contributed by atoms with van der Waals surface area (Å²) in [4.78, 5) is 16.1. The number of thioether (sulfide) groups is 1. The summed E-state index contributed by atoms with van der Waals surface area (Å²) < 4.78 is 0. The summed E-state index contributed by atoms with van der Waals surface area (Å²) in [5, 5.41) is 13.6. The van der Waals surface area contributed by atoms with Crippen LogP contribution in [0.15, 0.2) is 11.4 Å². The number of anilines is 1. The number of nitrogens with zero attached hydrogens (tertiary/aromatic N) is 3. The van der Waals surface area contributed by atoms with Crippen LogP contribution in [0.5, 0.6) is 0 Å². The molecule has 2 unspecified atom stereocenters. The van der Waals surface area contributed by atoms with Crippen LogP contribution in [0.2, 0.25) is 0 Å². The molecule has 2 aromatic rings. The molecule has 2 rings (SSSR count). The molecule has 2 heterocycles. The molecular weight excluding hydrogens is 262 g/mol. The SMILES string of the molecule is CCCNc1nc(SC(C)C(C)O)c2[nH]cnc2n1. The Morgan fingerprint density at radius 2 is 2.21 bits per heavy atom. The maximum atomic E-state index is 9.61. The van der Waals surface area contributed by atoms with Crippen LogP contribution in [0.1, 0.15) is 27.2 Å². The Bertz CT molecular complexity index is 542. The first kappa shape index (κ1) is 14.1. The predicted molar refractivity (Wildman–Crippen MR) is 77.5 cm³/mol. The molecule has 0 saturated carbocycles. The minimum Gasteiger partial charge on any atom is -0.392 e. The molecule has 0 aliphatic carbocycles. The zero-order valence-electron chi connectivity index (χ0n) is 11.3. The highest BCUT2D eigenvalue weighted by molar-refractivity contribution is 8.00. The second-order valence-electron chi connectivity index (χ2n) is 4.44. The van der Waals surface area contributed by atoms with E-state index in [1.807, 2.05) is 6.92 Å². The van der Waals surface area contributed by atoms with E-state index in [2.05, 4.69) is 32.2 Å². The van der Waals surface area contributed by atoms with Gasteiger partial charge in [-0.05, 0) is 13.3 Å². The normalized spacial score (nSPS) is 14.5. The Balaban J connectivity index is 2.31. The molecule has 3 N–H and O–H groups in total. The van der Waals surface area contributed by atoms with Crippen LogP contribution in [0.3, 0.4) is 0 Å². The first-order valence-electron chi connectivity index (χ1n) is 6.41. The third-order valence-electron chi connectivity index (χ3n) is 2.76. The van der Waals surface area contributed by atoms with Crippen molar-refractivity contribution in [1.29, 1.82) is 0 Å². The average molecular weight is 281 g/mol. The van der Waals surface area contributed by atoms with Gasteiger partial charge in [0.25, 0.3) is 0 Å². The van der Waals surface area contributed by atoms with Crippen molar-refractivity contribution in [1.82, 2.24) is 19.9 Å². The van der Waals surface area contributed by atoms with Gasteiger partial charge in [-0.2, -0.15) is 4.98 Å². The van der Waals surface area contributed by atoms with Gasteiger partial charge in [0.2, 0.25) is 5.95 Å². The number of nitrogens with one attached hydrogen (secondary N) is 2. The second kappa shape index (κ2) is 6.21. The number of aliphatic hydroxyl groups is 1. The topological polar surface area (TPSA) is 86.7 Å². The van der Waals surface area contributed by atoms with Gasteiger partial charge in [0.15, 0.2) is 5.65 Å². The Morgan fingerprint density at radius 1 is 1.42 bits per heavy atom. The Labute approximate surface area is 116 Å². The van der Waals surface area contributed by atoms with E-state index in [-0.39, 0.29) is 5.25 Å². The second-order valence-corrected chi connectivity index (χ2v) is 5.81. The van der Waals surface area contributed by atoms with E-state index in [1.165, 1.54) is 11.8 Å². The summed E-state index contributed by atoms with van der Waals surface area (Å²) in [5.74, 6) is 0.585. The molecule has 0 fully saturated rings. The first-order valence-corrected chi connectivity index (χ1v) is 7.29. The third kappa shape index (κ3) is 3.36. The molecule has 0 spiro atoms. The third-order valence-corrected chi connectivity index (χ3v) is 4.05. The lowest BCUT2D eigenvalue weighted by atomic mass is 10.3. The van der Waals surface area contributed by atoms with Crippen molar-refractivity contribution in [2.75, 3.05) is 11.9 Å². The highest BCUT2D eigenvalue weighted by atomic mass is 32.2. The van der Waals surface area contributed by atoms with E-state index in [1.54, 1.807) is 13.3 Å². The van der Waals surface area contributed by atoms with Gasteiger partial charge in [0.1, 0.15) is 10.5 Å². The lowest BCUT2D eigenvalue weighted by Crippen LogP contribution is -2.15. The molecule has 0 aromatic carbocycles. The number of aliphatic hydroxyl groups excluding tert-OH is 1. The van der Waals surface area contributed by atoms with Crippen molar-refractivity contribution in [3.8, 4) is 0 Å². The fraction of sp³-hybridized carbons (Fsp3) is 0.583. The summed E-state index contributed by atoms with van der Waals surface area (Å²) in [6, 6.07) is 0. The molecule has 7 heteroatoms. The zero-order chi connectivity index (χ0) is 13.8. The number of hydrogen-bond acceptors (Lipinski definition) is 6. The summed E-state index contributed by atoms with van der Waals surface area (Å²) in [6.45, 7) is 6.66. The number of hydrogen-bond donors (Lipinski definition) is 3. The number of rotatable bonds is 6. The lowest BCUT2D eigenvalue weighted by Gasteiger charge is -2.14. The quantitative estimate of drug-likeness (QED) is 0.555. The molecular formula is C12H19N5OS. The number of aromatic amines is 1. The van der Waals surface area contributed by atoms with Gasteiger partial charge in [-0.1, -0.05) is 25.6 Å². The minimum absolute atomic E-state index is 0.0559. The predicted octanol–water partition coefficient (Wildman–Crippen LogP) is 2.04. The van der Waals surface area contributed by atoms with Crippen molar-refractivity contribution < 1.29 is 5.11 Å². The lowest BCUT2D eigenvalue weighted by molar-refractivity contribution is 0.196. The zero-order valence-corrected chi connectivity index (χ0v) is 12.2. The Hall–Kier alpha value is -1.34. The average Bonchev–Trinajstić information content (AvgIpc) is 2.84. The Kier molecular flexibility index (Phi) is 4.60. The van der Waals surface area contributed by atoms with Crippen LogP contribution >= 0.6 is 11.8 Å². The summed E-state index contributed by atoms with van der Waals surface area (Å²) in [7, 11) is 0. The number of H-pyrrole nitrogens is 1. The van der Waals surface area contributed by atoms with Gasteiger partial charge in [-0.15, -0.1) is 0 Å². The summed E-state index contributed by atoms with van der Waals surface area (Å²) in [5.41, 5.74) is 1.47. The van der Waals surface area contributed by atoms with E-state index < -0.39 is 6.10 Å². The van der Waals surface area contributed by atoms with Gasteiger partial charge < -0.3 is 15.4 Å². The van der Waals surface area contributed by atoms with Gasteiger partial charge in [0.05, 0.1) is 12.4 Å². The molecule has 6 nitrogen and oxygen atoms in total. The number of aromatic nitrogens is 4. The van der Waals surface area contributed by atoms with E-state index in [4.69, 9.17) is 0 Å². The van der Waals surface area contributed by atoms with Crippen LogP contribution < -0.4 is 5.32 Å². The molecule has 0 radical (unpaired) electrons. The maximum absolute atomic E-state index is 9.61. The smallest absolute Gasteiger partial charge is 0.225 e. The van der Waals surface area contributed by atoms with E-state index in [9.17, 15) is 5.11 Å². The molecule has 2 aromatic heterocycles. The van der Waals surface area contributed by atoms with Crippen molar-refractivity contribution >= 4 is 28.9 Å². The van der Waals surface area contributed by atoms with Crippen molar-refractivity contribution in [3.63, 3.8) is 0 Å². The van der Waals surface area contributed by atoms with Gasteiger partial charge in [-0.25, -0.2) is 9.97 Å². The van der Waals surface area contributed by atoms with Gasteiger partial charge in [-0.3, -0.25) is 0 Å². The van der Waals surface area contributed by atoms with E-state index in [0.29, 0.717) is 11.6 Å². The molecule has 0 amide bonds. The monoisotopic (exact) mass is 281 g/mol. The largest absolute Gasteiger partial charge is 0.392 e. The van der Waals surface area contributed by atoms with Crippen LogP contribution in [0, 0.1) is 0 Å². The van der Waals surface area contributed by atoms with Crippen molar-refractivity contribution in [2.24, 2.45) is 0 Å². The molecule has 0 bridgehead atoms. The van der Waals surface area contributed by atoms with Crippen LogP contribution in [-0.4, -0.2) is 42.9 Å².